The first-order valence-corrected chi connectivity index (χ1v) is 8.27. The number of nitrogens with one attached hydrogen (secondary N) is 1. The maximum Gasteiger partial charge on any atom is 0.272 e. The highest BCUT2D eigenvalue weighted by molar-refractivity contribution is 9.10. The highest BCUT2D eigenvalue weighted by Gasteiger charge is 2.07. The fourth-order valence-electron chi connectivity index (χ4n) is 2.26. The normalized spacial score (nSPS) is 10.7. The Morgan fingerprint density at radius 3 is 2.17 bits per heavy atom. The van der Waals surface area contributed by atoms with Gasteiger partial charge in [-0.15, -0.1) is 0 Å². The molecule has 4 heteroatoms. The molecule has 0 unspecified atom stereocenters. The summed E-state index contributed by atoms with van der Waals surface area (Å²) in [7, 11) is 0. The van der Waals surface area contributed by atoms with Crippen LogP contribution in [0, 0.1) is 0 Å². The summed E-state index contributed by atoms with van der Waals surface area (Å²) in [5.41, 5.74) is 6.32. The molecule has 0 bridgehead atoms. The number of halogens is 1. The fraction of sp³-hybridized carbons (Fsp3) is 0. The van der Waals surface area contributed by atoms with Gasteiger partial charge >= 0.3 is 0 Å². The van der Waals surface area contributed by atoms with Crippen molar-refractivity contribution in [2.45, 2.75) is 0 Å². The summed E-state index contributed by atoms with van der Waals surface area (Å²) in [6.45, 7) is 0. The minimum atomic E-state index is -0.250. The maximum atomic E-state index is 12.0. The van der Waals surface area contributed by atoms with Gasteiger partial charge in [0, 0.05) is 4.47 Å². The molecule has 0 atom stereocenters. The largest absolute Gasteiger partial charge is 0.272 e. The average molecular weight is 379 g/mol. The zero-order valence-corrected chi connectivity index (χ0v) is 14.4. The summed E-state index contributed by atoms with van der Waals surface area (Å²) in [4.78, 5) is 12.0. The molecule has 0 radical (unpaired) electrons. The van der Waals surface area contributed by atoms with Crippen LogP contribution in [0.1, 0.15) is 15.9 Å². The van der Waals surface area contributed by atoms with Gasteiger partial charge < -0.3 is 0 Å². The Labute approximate surface area is 149 Å². The third kappa shape index (κ3) is 3.97. The van der Waals surface area contributed by atoms with E-state index >= 15 is 0 Å². The van der Waals surface area contributed by atoms with Crippen molar-refractivity contribution in [2.24, 2.45) is 5.10 Å². The van der Waals surface area contributed by atoms with Crippen LogP contribution in [0.5, 0.6) is 0 Å². The lowest BCUT2D eigenvalue weighted by Crippen LogP contribution is -2.18. The molecule has 0 fully saturated rings. The molecular weight excluding hydrogens is 364 g/mol. The number of carbonyl (C=O) groups excluding carboxylic acids is 1. The zero-order valence-electron chi connectivity index (χ0n) is 12.8. The van der Waals surface area contributed by atoms with Crippen molar-refractivity contribution in [2.75, 3.05) is 0 Å². The first-order chi connectivity index (χ1) is 11.7. The van der Waals surface area contributed by atoms with E-state index in [-0.39, 0.29) is 5.91 Å². The van der Waals surface area contributed by atoms with E-state index in [1.54, 1.807) is 12.3 Å². The van der Waals surface area contributed by atoms with E-state index in [0.29, 0.717) is 5.56 Å². The van der Waals surface area contributed by atoms with E-state index in [9.17, 15) is 4.79 Å². The summed E-state index contributed by atoms with van der Waals surface area (Å²) in [6, 6.07) is 25.4. The van der Waals surface area contributed by atoms with Crippen molar-refractivity contribution in [1.29, 1.82) is 0 Å². The fourth-order valence-corrected chi connectivity index (χ4v) is 2.73. The third-order valence-corrected chi connectivity index (χ3v) is 4.21. The van der Waals surface area contributed by atoms with E-state index in [1.165, 1.54) is 5.56 Å². The van der Waals surface area contributed by atoms with Crippen LogP contribution < -0.4 is 5.43 Å². The molecule has 1 N–H and O–H groups in total. The predicted molar refractivity (Wildman–Crippen MR) is 101 cm³/mol. The van der Waals surface area contributed by atoms with Gasteiger partial charge in [-0.1, -0.05) is 66.7 Å². The quantitative estimate of drug-likeness (QED) is 0.510. The van der Waals surface area contributed by atoms with Crippen LogP contribution >= 0.6 is 15.9 Å². The molecule has 0 aromatic heterocycles. The molecule has 3 rings (SSSR count). The number of hydrazone groups is 1. The minimum Gasteiger partial charge on any atom is -0.267 e. The number of nitrogens with zero attached hydrogens (tertiary/aromatic N) is 1. The summed E-state index contributed by atoms with van der Waals surface area (Å²) in [6.07, 6.45) is 1.63. The second-order valence-corrected chi connectivity index (χ2v) is 6.02. The molecule has 0 heterocycles. The molecule has 1 amide bonds. The van der Waals surface area contributed by atoms with Crippen LogP contribution in [0.4, 0.5) is 0 Å². The van der Waals surface area contributed by atoms with Gasteiger partial charge in [0.25, 0.3) is 5.91 Å². The van der Waals surface area contributed by atoms with E-state index in [1.807, 2.05) is 60.7 Å². The Balaban J connectivity index is 1.65. The van der Waals surface area contributed by atoms with Gasteiger partial charge in [0.1, 0.15) is 0 Å². The van der Waals surface area contributed by atoms with E-state index < -0.39 is 0 Å². The van der Waals surface area contributed by atoms with Gasteiger partial charge in [0.15, 0.2) is 0 Å². The SMILES string of the molecule is O=C(NN=Cc1ccc(-c2ccccc2)cc1)c1ccccc1Br. The summed E-state index contributed by atoms with van der Waals surface area (Å²) in [5, 5.41) is 4.02. The summed E-state index contributed by atoms with van der Waals surface area (Å²) >= 11 is 3.35. The molecule has 0 spiro atoms. The molecule has 0 aliphatic heterocycles. The second-order valence-electron chi connectivity index (χ2n) is 5.17. The first-order valence-electron chi connectivity index (χ1n) is 7.47. The molecule has 3 aromatic rings. The van der Waals surface area contributed by atoms with Crippen LogP contribution in [0.3, 0.4) is 0 Å². The number of benzene rings is 3. The predicted octanol–water partition coefficient (Wildman–Crippen LogP) is 4.88. The molecule has 0 saturated heterocycles. The highest BCUT2D eigenvalue weighted by Crippen LogP contribution is 2.18. The topological polar surface area (TPSA) is 41.5 Å². The minimum absolute atomic E-state index is 0.250. The van der Waals surface area contributed by atoms with Gasteiger partial charge in [-0.3, -0.25) is 4.79 Å². The number of hydrogen-bond acceptors (Lipinski definition) is 2. The van der Waals surface area contributed by atoms with Crippen LogP contribution in [-0.4, -0.2) is 12.1 Å². The Morgan fingerprint density at radius 2 is 1.46 bits per heavy atom. The Morgan fingerprint density at radius 1 is 0.833 bits per heavy atom. The zero-order chi connectivity index (χ0) is 16.8. The molecule has 118 valence electrons. The molecule has 0 aliphatic rings. The van der Waals surface area contributed by atoms with E-state index in [0.717, 1.165) is 15.6 Å². The van der Waals surface area contributed by atoms with Crippen molar-refractivity contribution in [3.05, 3.63) is 94.5 Å². The summed E-state index contributed by atoms with van der Waals surface area (Å²) < 4.78 is 0.741. The lowest BCUT2D eigenvalue weighted by molar-refractivity contribution is 0.0954. The van der Waals surface area contributed by atoms with Crippen LogP contribution in [0.25, 0.3) is 11.1 Å². The molecule has 3 aromatic carbocycles. The number of rotatable bonds is 4. The van der Waals surface area contributed by atoms with Gasteiger partial charge in [-0.25, -0.2) is 5.43 Å². The molecular formula is C20H15BrN2O. The van der Waals surface area contributed by atoms with E-state index in [2.05, 4.69) is 38.6 Å². The lowest BCUT2D eigenvalue weighted by Gasteiger charge is -2.03. The smallest absolute Gasteiger partial charge is 0.267 e. The standard InChI is InChI=1S/C20H15BrN2O/c21-19-9-5-4-8-18(19)20(24)23-22-14-15-10-12-17(13-11-15)16-6-2-1-3-7-16/h1-14H,(H,23,24). The second kappa shape index (κ2) is 7.70. The molecule has 3 nitrogen and oxygen atoms in total. The number of amides is 1. The van der Waals surface area contributed by atoms with Crippen molar-refractivity contribution in [3.8, 4) is 11.1 Å². The highest BCUT2D eigenvalue weighted by atomic mass is 79.9. The monoisotopic (exact) mass is 378 g/mol. The van der Waals surface area contributed by atoms with Gasteiger partial charge in [0.05, 0.1) is 11.8 Å². The van der Waals surface area contributed by atoms with Crippen LogP contribution in [-0.2, 0) is 0 Å². The number of hydrogen-bond donors (Lipinski definition) is 1. The Kier molecular flexibility index (Phi) is 5.18. The van der Waals surface area contributed by atoms with Crippen molar-refractivity contribution >= 4 is 28.1 Å². The molecule has 24 heavy (non-hydrogen) atoms. The van der Waals surface area contributed by atoms with Crippen molar-refractivity contribution in [3.63, 3.8) is 0 Å². The molecule has 0 aliphatic carbocycles. The first kappa shape index (κ1) is 16.1. The molecule has 0 saturated carbocycles. The average Bonchev–Trinajstić information content (AvgIpc) is 2.63. The summed E-state index contributed by atoms with van der Waals surface area (Å²) in [5.74, 6) is -0.250. The van der Waals surface area contributed by atoms with Gasteiger partial charge in [-0.05, 0) is 44.8 Å². The third-order valence-electron chi connectivity index (χ3n) is 3.52. The van der Waals surface area contributed by atoms with Gasteiger partial charge in [0.2, 0.25) is 0 Å². The van der Waals surface area contributed by atoms with Crippen molar-refractivity contribution in [1.82, 2.24) is 5.43 Å². The number of carbonyl (C=O) groups is 1. The van der Waals surface area contributed by atoms with Crippen LogP contribution in [0.15, 0.2) is 88.4 Å². The van der Waals surface area contributed by atoms with Crippen molar-refractivity contribution < 1.29 is 4.79 Å². The Hall–Kier alpha value is -2.72. The Bertz CT molecular complexity index is 858. The van der Waals surface area contributed by atoms with Gasteiger partial charge in [-0.2, -0.15) is 5.10 Å². The van der Waals surface area contributed by atoms with Crippen LogP contribution in [0.2, 0.25) is 0 Å². The van der Waals surface area contributed by atoms with E-state index in [4.69, 9.17) is 0 Å². The maximum absolute atomic E-state index is 12.0. The lowest BCUT2D eigenvalue weighted by atomic mass is 10.0.